The average Bonchev–Trinajstić information content (AvgIpc) is 3.10. The van der Waals surface area contributed by atoms with Gasteiger partial charge in [-0.3, -0.25) is 10.1 Å². The highest BCUT2D eigenvalue weighted by Gasteiger charge is 2.27. The number of nitrogens with zero attached hydrogens (tertiary/aromatic N) is 1. The van der Waals surface area contributed by atoms with Gasteiger partial charge in [0, 0.05) is 24.7 Å². The molecule has 1 aliphatic rings. The van der Waals surface area contributed by atoms with E-state index in [1.165, 1.54) is 11.3 Å². The molecule has 3 rings (SSSR count). The molecule has 3 amide bonds. The molecule has 2 aromatic rings. The second-order valence-corrected chi connectivity index (χ2v) is 6.97. The molecule has 0 aliphatic carbocycles. The van der Waals surface area contributed by atoms with Crippen LogP contribution in [0.3, 0.4) is 0 Å². The quantitative estimate of drug-likeness (QED) is 0.887. The Morgan fingerprint density at radius 1 is 1.08 bits per heavy atom. The molecule has 1 aliphatic heterocycles. The van der Waals surface area contributed by atoms with Crippen LogP contribution < -0.4 is 10.6 Å². The zero-order valence-electron chi connectivity index (χ0n) is 13.6. The van der Waals surface area contributed by atoms with Crippen molar-refractivity contribution in [3.05, 3.63) is 47.3 Å². The summed E-state index contributed by atoms with van der Waals surface area (Å²) in [6.07, 6.45) is 1.38. The van der Waals surface area contributed by atoms with Gasteiger partial charge < -0.3 is 10.2 Å². The number of urea groups is 1. The molecule has 0 unspecified atom stereocenters. The van der Waals surface area contributed by atoms with Crippen LogP contribution in [0.4, 0.5) is 15.5 Å². The van der Waals surface area contributed by atoms with Crippen LogP contribution in [-0.2, 0) is 4.79 Å². The van der Waals surface area contributed by atoms with Crippen molar-refractivity contribution < 1.29 is 9.59 Å². The maximum atomic E-state index is 12.4. The summed E-state index contributed by atoms with van der Waals surface area (Å²) in [5, 5.41) is 8.62. The fourth-order valence-electron chi connectivity index (χ4n) is 2.76. The van der Waals surface area contributed by atoms with E-state index in [0.717, 1.165) is 16.3 Å². The van der Waals surface area contributed by atoms with Gasteiger partial charge in [0.05, 0.1) is 5.00 Å². The summed E-state index contributed by atoms with van der Waals surface area (Å²) >= 11 is 1.50. The normalized spacial score (nSPS) is 15.1. The molecule has 2 heterocycles. The van der Waals surface area contributed by atoms with Crippen molar-refractivity contribution in [3.63, 3.8) is 0 Å². The van der Waals surface area contributed by atoms with Gasteiger partial charge in [0.15, 0.2) is 0 Å². The number of amides is 3. The first-order valence-electron chi connectivity index (χ1n) is 8.09. The predicted molar refractivity (Wildman–Crippen MR) is 97.4 cm³/mol. The van der Waals surface area contributed by atoms with Gasteiger partial charge in [-0.1, -0.05) is 17.7 Å². The van der Waals surface area contributed by atoms with Crippen LogP contribution in [0.1, 0.15) is 18.4 Å². The average molecular weight is 343 g/mol. The number of carbonyl (C=O) groups excluding carboxylic acids is 2. The molecule has 5 nitrogen and oxygen atoms in total. The second-order valence-electron chi connectivity index (χ2n) is 6.02. The number of rotatable bonds is 3. The van der Waals surface area contributed by atoms with E-state index in [0.29, 0.717) is 25.9 Å². The largest absolute Gasteiger partial charge is 0.326 e. The van der Waals surface area contributed by atoms with Gasteiger partial charge in [-0.25, -0.2) is 4.79 Å². The summed E-state index contributed by atoms with van der Waals surface area (Å²) < 4.78 is 0. The Morgan fingerprint density at radius 2 is 1.79 bits per heavy atom. The molecule has 1 saturated heterocycles. The van der Waals surface area contributed by atoms with Crippen molar-refractivity contribution >= 4 is 34.0 Å². The number of likely N-dealkylation sites (tertiary alicyclic amines) is 1. The minimum Gasteiger partial charge on any atom is -0.326 e. The minimum atomic E-state index is -0.0881. The lowest BCUT2D eigenvalue weighted by atomic mass is 9.96. The Hall–Kier alpha value is -2.34. The van der Waals surface area contributed by atoms with Crippen molar-refractivity contribution in [3.8, 4) is 0 Å². The molecular formula is C18H21N3O2S. The van der Waals surface area contributed by atoms with Gasteiger partial charge in [-0.15, -0.1) is 11.3 Å². The van der Waals surface area contributed by atoms with Crippen molar-refractivity contribution in [2.75, 3.05) is 23.7 Å². The predicted octanol–water partition coefficient (Wildman–Crippen LogP) is 3.94. The van der Waals surface area contributed by atoms with E-state index in [-0.39, 0.29) is 17.9 Å². The van der Waals surface area contributed by atoms with E-state index in [9.17, 15) is 9.59 Å². The number of nitrogens with one attached hydrogen (secondary N) is 2. The highest BCUT2D eigenvalue weighted by atomic mass is 32.1. The lowest BCUT2D eigenvalue weighted by Gasteiger charge is -2.31. The monoisotopic (exact) mass is 343 g/mol. The summed E-state index contributed by atoms with van der Waals surface area (Å²) in [4.78, 5) is 26.3. The van der Waals surface area contributed by atoms with Crippen LogP contribution in [0.5, 0.6) is 0 Å². The van der Waals surface area contributed by atoms with Crippen LogP contribution in [0.2, 0.25) is 0 Å². The van der Waals surface area contributed by atoms with Crippen LogP contribution in [0.15, 0.2) is 41.8 Å². The first kappa shape index (κ1) is 16.5. The number of thiophene rings is 1. The van der Waals surface area contributed by atoms with Crippen molar-refractivity contribution in [2.45, 2.75) is 19.8 Å². The second kappa shape index (κ2) is 7.49. The van der Waals surface area contributed by atoms with Gasteiger partial charge in [-0.05, 0) is 49.4 Å². The Bertz CT molecular complexity index is 690. The lowest BCUT2D eigenvalue weighted by molar-refractivity contribution is -0.121. The third kappa shape index (κ3) is 4.14. The smallest absolute Gasteiger partial charge is 0.322 e. The molecule has 0 bridgehead atoms. The van der Waals surface area contributed by atoms with Crippen LogP contribution in [0, 0.1) is 12.8 Å². The van der Waals surface area contributed by atoms with Gasteiger partial charge >= 0.3 is 6.03 Å². The maximum Gasteiger partial charge on any atom is 0.322 e. The van der Waals surface area contributed by atoms with Crippen LogP contribution >= 0.6 is 11.3 Å². The summed E-state index contributed by atoms with van der Waals surface area (Å²) in [5.41, 5.74) is 1.99. The third-order valence-corrected chi connectivity index (χ3v) is 5.01. The molecule has 1 aromatic heterocycles. The molecule has 1 fully saturated rings. The van der Waals surface area contributed by atoms with Gasteiger partial charge in [-0.2, -0.15) is 0 Å². The fraction of sp³-hybridized carbons (Fsp3) is 0.333. The van der Waals surface area contributed by atoms with Gasteiger partial charge in [0.1, 0.15) is 0 Å². The lowest BCUT2D eigenvalue weighted by Crippen LogP contribution is -2.43. The molecule has 0 saturated carbocycles. The summed E-state index contributed by atoms with van der Waals surface area (Å²) in [7, 11) is 0. The molecule has 1 aromatic carbocycles. The van der Waals surface area contributed by atoms with E-state index < -0.39 is 0 Å². The van der Waals surface area contributed by atoms with Gasteiger partial charge in [0.2, 0.25) is 5.91 Å². The number of carbonyl (C=O) groups is 2. The van der Waals surface area contributed by atoms with E-state index >= 15 is 0 Å². The Kier molecular flexibility index (Phi) is 5.15. The number of hydrogen-bond donors (Lipinski definition) is 2. The Labute approximate surface area is 145 Å². The number of benzene rings is 1. The molecule has 0 atom stereocenters. The Morgan fingerprint density at radius 3 is 2.42 bits per heavy atom. The van der Waals surface area contributed by atoms with E-state index in [1.807, 2.05) is 48.7 Å². The van der Waals surface area contributed by atoms with Gasteiger partial charge in [0.25, 0.3) is 0 Å². The van der Waals surface area contributed by atoms with Crippen LogP contribution in [-0.4, -0.2) is 29.9 Å². The Balaban J connectivity index is 1.48. The zero-order chi connectivity index (χ0) is 16.9. The summed E-state index contributed by atoms with van der Waals surface area (Å²) in [5.74, 6) is -0.00532. The summed E-state index contributed by atoms with van der Waals surface area (Å²) in [6.45, 7) is 3.22. The SMILES string of the molecule is Cc1ccc(NC(=O)C2CCN(C(=O)Nc3cccs3)CC2)cc1. The van der Waals surface area contributed by atoms with Crippen molar-refractivity contribution in [2.24, 2.45) is 5.92 Å². The highest BCUT2D eigenvalue weighted by molar-refractivity contribution is 7.14. The molecule has 24 heavy (non-hydrogen) atoms. The van der Waals surface area contributed by atoms with Crippen LogP contribution in [0.25, 0.3) is 0 Å². The molecule has 0 radical (unpaired) electrons. The molecule has 6 heteroatoms. The standard InChI is InChI=1S/C18H21N3O2S/c1-13-4-6-15(7-5-13)19-17(22)14-8-10-21(11-9-14)18(23)20-16-3-2-12-24-16/h2-7,12,14H,8-11H2,1H3,(H,19,22)(H,20,23). The summed E-state index contributed by atoms with van der Waals surface area (Å²) in [6, 6.07) is 11.5. The first-order chi connectivity index (χ1) is 11.6. The maximum absolute atomic E-state index is 12.4. The first-order valence-corrected chi connectivity index (χ1v) is 8.97. The van der Waals surface area contributed by atoms with Crippen molar-refractivity contribution in [1.82, 2.24) is 4.90 Å². The molecular weight excluding hydrogens is 322 g/mol. The topological polar surface area (TPSA) is 61.4 Å². The minimum absolute atomic E-state index is 0.0390. The van der Waals surface area contributed by atoms with E-state index in [1.54, 1.807) is 4.90 Å². The third-order valence-electron chi connectivity index (χ3n) is 4.22. The van der Waals surface area contributed by atoms with Crippen molar-refractivity contribution in [1.29, 1.82) is 0 Å². The van der Waals surface area contributed by atoms with E-state index in [2.05, 4.69) is 10.6 Å². The number of anilines is 2. The van der Waals surface area contributed by atoms with E-state index in [4.69, 9.17) is 0 Å². The molecule has 2 N–H and O–H groups in total. The molecule has 0 spiro atoms. The number of hydrogen-bond acceptors (Lipinski definition) is 3. The highest BCUT2D eigenvalue weighted by Crippen LogP contribution is 2.21. The fourth-order valence-corrected chi connectivity index (χ4v) is 3.37. The number of piperidine rings is 1. The number of aryl methyl sites for hydroxylation is 1. The molecule has 126 valence electrons. The zero-order valence-corrected chi connectivity index (χ0v) is 14.4.